The van der Waals surface area contributed by atoms with Gasteiger partial charge in [0, 0.05) is 5.56 Å². The first kappa shape index (κ1) is 13.7. The van der Waals surface area contributed by atoms with Crippen LogP contribution in [0.25, 0.3) is 22.4 Å². The molecular weight excluding hydrogens is 292 g/mol. The lowest BCUT2D eigenvalue weighted by Gasteiger charge is -2.13. The van der Waals surface area contributed by atoms with Gasteiger partial charge in [0.25, 0.3) is 5.56 Å². The Hall–Kier alpha value is -2.99. The first-order chi connectivity index (χ1) is 11.2. The second kappa shape index (κ2) is 5.03. The van der Waals surface area contributed by atoms with E-state index in [9.17, 15) is 9.90 Å². The van der Waals surface area contributed by atoms with E-state index in [1.807, 2.05) is 41.7 Å². The third-order valence-electron chi connectivity index (χ3n) is 3.99. The molecule has 114 valence electrons. The standard InChI is InChI=1S/C17H14N4O2/c1-11-18-19-17-20(11)15-9-5-3-7-13(15)16(23)21(17)14-8-4-2-6-12(14)10-22/h2-9,22H,10H2,1H3. The van der Waals surface area contributed by atoms with Gasteiger partial charge in [0.2, 0.25) is 5.78 Å². The largest absolute Gasteiger partial charge is 0.392 e. The molecule has 0 amide bonds. The van der Waals surface area contributed by atoms with Crippen molar-refractivity contribution in [2.75, 3.05) is 0 Å². The number of rotatable bonds is 2. The van der Waals surface area contributed by atoms with Gasteiger partial charge in [0.1, 0.15) is 5.82 Å². The normalized spacial score (nSPS) is 11.4. The summed E-state index contributed by atoms with van der Waals surface area (Å²) in [6.45, 7) is 1.69. The van der Waals surface area contributed by atoms with Crippen LogP contribution in [0.1, 0.15) is 11.4 Å². The average molecular weight is 306 g/mol. The third kappa shape index (κ3) is 1.89. The van der Waals surface area contributed by atoms with E-state index in [4.69, 9.17) is 0 Å². The number of hydrogen-bond donors (Lipinski definition) is 1. The van der Waals surface area contributed by atoms with Crippen molar-refractivity contribution in [2.24, 2.45) is 0 Å². The van der Waals surface area contributed by atoms with Gasteiger partial charge in [-0.2, -0.15) is 0 Å². The van der Waals surface area contributed by atoms with Gasteiger partial charge in [-0.1, -0.05) is 30.3 Å². The summed E-state index contributed by atoms with van der Waals surface area (Å²) >= 11 is 0. The van der Waals surface area contributed by atoms with E-state index < -0.39 is 0 Å². The number of benzene rings is 2. The summed E-state index contributed by atoms with van der Waals surface area (Å²) in [7, 11) is 0. The number of aromatic nitrogens is 4. The van der Waals surface area contributed by atoms with Crippen LogP contribution >= 0.6 is 0 Å². The maximum atomic E-state index is 13.0. The molecule has 0 radical (unpaired) electrons. The van der Waals surface area contributed by atoms with Gasteiger partial charge in [-0.05, 0) is 25.1 Å². The fraction of sp³-hybridized carbons (Fsp3) is 0.118. The molecule has 0 aliphatic heterocycles. The fourth-order valence-electron chi connectivity index (χ4n) is 2.92. The molecule has 4 rings (SSSR count). The van der Waals surface area contributed by atoms with Crippen LogP contribution in [0.2, 0.25) is 0 Å². The Morgan fingerprint density at radius 3 is 2.61 bits per heavy atom. The Morgan fingerprint density at radius 2 is 1.78 bits per heavy atom. The molecule has 0 fully saturated rings. The minimum absolute atomic E-state index is 0.158. The highest BCUT2D eigenvalue weighted by Crippen LogP contribution is 2.19. The topological polar surface area (TPSA) is 72.4 Å². The van der Waals surface area contributed by atoms with Crippen molar-refractivity contribution in [3.05, 3.63) is 70.3 Å². The van der Waals surface area contributed by atoms with Gasteiger partial charge < -0.3 is 5.11 Å². The number of para-hydroxylation sites is 2. The molecule has 0 unspecified atom stereocenters. The van der Waals surface area contributed by atoms with Crippen LogP contribution < -0.4 is 5.56 Å². The molecule has 0 saturated heterocycles. The molecule has 6 heteroatoms. The molecule has 23 heavy (non-hydrogen) atoms. The van der Waals surface area contributed by atoms with Crippen molar-refractivity contribution >= 4 is 16.7 Å². The first-order valence-corrected chi connectivity index (χ1v) is 7.27. The lowest BCUT2D eigenvalue weighted by atomic mass is 10.1. The number of aliphatic hydroxyl groups is 1. The van der Waals surface area contributed by atoms with E-state index in [2.05, 4.69) is 10.2 Å². The van der Waals surface area contributed by atoms with Gasteiger partial charge in [0.05, 0.1) is 23.2 Å². The van der Waals surface area contributed by atoms with Gasteiger partial charge >= 0.3 is 0 Å². The minimum Gasteiger partial charge on any atom is -0.392 e. The molecule has 1 N–H and O–H groups in total. The zero-order chi connectivity index (χ0) is 16.0. The molecule has 4 aromatic rings. The summed E-state index contributed by atoms with van der Waals surface area (Å²) in [5, 5.41) is 18.5. The molecule has 0 saturated carbocycles. The smallest absolute Gasteiger partial charge is 0.267 e. The van der Waals surface area contributed by atoms with Crippen LogP contribution in [0.5, 0.6) is 0 Å². The number of nitrogens with zero attached hydrogens (tertiary/aromatic N) is 4. The quantitative estimate of drug-likeness (QED) is 0.613. The molecule has 2 aromatic carbocycles. The highest BCUT2D eigenvalue weighted by molar-refractivity contribution is 5.81. The van der Waals surface area contributed by atoms with E-state index >= 15 is 0 Å². The van der Waals surface area contributed by atoms with E-state index in [1.165, 1.54) is 4.57 Å². The average Bonchev–Trinajstić information content (AvgIpc) is 2.97. The van der Waals surface area contributed by atoms with E-state index in [0.717, 1.165) is 5.52 Å². The molecule has 0 bridgehead atoms. The molecule has 0 atom stereocenters. The Bertz CT molecular complexity index is 1090. The summed E-state index contributed by atoms with van der Waals surface area (Å²) in [5.41, 5.74) is 1.87. The van der Waals surface area contributed by atoms with Crippen molar-refractivity contribution in [3.63, 3.8) is 0 Å². The van der Waals surface area contributed by atoms with Crippen LogP contribution in [-0.2, 0) is 6.61 Å². The third-order valence-corrected chi connectivity index (χ3v) is 3.99. The highest BCUT2D eigenvalue weighted by atomic mass is 16.3. The zero-order valence-corrected chi connectivity index (χ0v) is 12.5. The number of aliphatic hydroxyl groups excluding tert-OH is 1. The van der Waals surface area contributed by atoms with Gasteiger partial charge in [-0.3, -0.25) is 9.20 Å². The van der Waals surface area contributed by atoms with E-state index in [1.54, 1.807) is 18.2 Å². The fourth-order valence-corrected chi connectivity index (χ4v) is 2.92. The molecular formula is C17H14N4O2. The van der Waals surface area contributed by atoms with E-state index in [-0.39, 0.29) is 12.2 Å². The van der Waals surface area contributed by atoms with Gasteiger partial charge in [-0.25, -0.2) is 4.57 Å². The molecule has 2 heterocycles. The molecule has 0 aliphatic rings. The van der Waals surface area contributed by atoms with Crippen LogP contribution in [0, 0.1) is 6.92 Å². The van der Waals surface area contributed by atoms with Crippen molar-refractivity contribution < 1.29 is 5.11 Å². The monoisotopic (exact) mass is 306 g/mol. The summed E-state index contributed by atoms with van der Waals surface area (Å²) in [4.78, 5) is 13.0. The summed E-state index contributed by atoms with van der Waals surface area (Å²) in [6.07, 6.45) is 0. The van der Waals surface area contributed by atoms with Gasteiger partial charge in [0.15, 0.2) is 0 Å². The minimum atomic E-state index is -0.179. The second-order valence-electron chi connectivity index (χ2n) is 5.33. The van der Waals surface area contributed by atoms with Crippen molar-refractivity contribution in [1.29, 1.82) is 0 Å². The van der Waals surface area contributed by atoms with Gasteiger partial charge in [-0.15, -0.1) is 10.2 Å². The summed E-state index contributed by atoms with van der Waals surface area (Å²) in [6, 6.07) is 14.6. The Labute approximate surface area is 131 Å². The maximum absolute atomic E-state index is 13.0. The predicted octanol–water partition coefficient (Wildman–Crippen LogP) is 1.83. The zero-order valence-electron chi connectivity index (χ0n) is 12.5. The number of aryl methyl sites for hydroxylation is 1. The van der Waals surface area contributed by atoms with Crippen LogP contribution in [0.4, 0.5) is 0 Å². The predicted molar refractivity (Wildman–Crippen MR) is 86.7 cm³/mol. The Kier molecular flexibility index (Phi) is 2.99. The molecule has 2 aromatic heterocycles. The number of fused-ring (bicyclic) bond motifs is 3. The van der Waals surface area contributed by atoms with Crippen molar-refractivity contribution in [1.82, 2.24) is 19.2 Å². The lowest BCUT2D eigenvalue weighted by Crippen LogP contribution is -2.23. The Morgan fingerprint density at radius 1 is 1.04 bits per heavy atom. The number of hydrogen-bond acceptors (Lipinski definition) is 4. The second-order valence-corrected chi connectivity index (χ2v) is 5.33. The van der Waals surface area contributed by atoms with Crippen LogP contribution in [-0.4, -0.2) is 24.3 Å². The summed E-state index contributed by atoms with van der Waals surface area (Å²) in [5.74, 6) is 1.14. The van der Waals surface area contributed by atoms with Crippen LogP contribution in [0.3, 0.4) is 0 Å². The maximum Gasteiger partial charge on any atom is 0.267 e. The molecule has 6 nitrogen and oxygen atoms in total. The van der Waals surface area contributed by atoms with E-state index in [0.29, 0.717) is 28.2 Å². The summed E-state index contributed by atoms with van der Waals surface area (Å²) < 4.78 is 3.36. The SMILES string of the molecule is Cc1nnc2n(-c3ccccc3CO)c(=O)c3ccccc3n12. The van der Waals surface area contributed by atoms with Crippen LogP contribution in [0.15, 0.2) is 53.3 Å². The lowest BCUT2D eigenvalue weighted by molar-refractivity contribution is 0.281. The molecule has 0 spiro atoms. The van der Waals surface area contributed by atoms with Crippen molar-refractivity contribution in [3.8, 4) is 5.69 Å². The first-order valence-electron chi connectivity index (χ1n) is 7.27. The van der Waals surface area contributed by atoms with Crippen molar-refractivity contribution in [2.45, 2.75) is 13.5 Å². The highest BCUT2D eigenvalue weighted by Gasteiger charge is 2.17. The molecule has 0 aliphatic carbocycles. The Balaban J connectivity index is 2.26.